The summed E-state index contributed by atoms with van der Waals surface area (Å²) in [5, 5.41) is 13.0. The van der Waals surface area contributed by atoms with Crippen LogP contribution >= 0.6 is 11.8 Å². The minimum atomic E-state index is 0.0855. The lowest BCUT2D eigenvalue weighted by Crippen LogP contribution is -2.38. The molecule has 31 heavy (non-hydrogen) atoms. The van der Waals surface area contributed by atoms with Gasteiger partial charge < -0.3 is 15.0 Å². The van der Waals surface area contributed by atoms with Gasteiger partial charge in [-0.3, -0.25) is 9.36 Å². The largest absolute Gasteiger partial charge is 0.378 e. The van der Waals surface area contributed by atoms with Gasteiger partial charge in [0.2, 0.25) is 11.9 Å². The van der Waals surface area contributed by atoms with Crippen LogP contribution in [0.2, 0.25) is 0 Å². The molecule has 2 heterocycles. The highest BCUT2D eigenvalue weighted by Gasteiger charge is 2.23. The molecule has 0 bridgehead atoms. The number of rotatable bonds is 6. The monoisotopic (exact) mass is 443 g/mol. The summed E-state index contributed by atoms with van der Waals surface area (Å²) in [5.74, 6) is 1.25. The van der Waals surface area contributed by atoms with Crippen LogP contribution in [-0.4, -0.2) is 58.8 Å². The van der Waals surface area contributed by atoms with Gasteiger partial charge in [-0.1, -0.05) is 56.0 Å². The van der Waals surface area contributed by atoms with Gasteiger partial charge >= 0.3 is 0 Å². The summed E-state index contributed by atoms with van der Waals surface area (Å²) in [7, 11) is 0. The maximum absolute atomic E-state index is 12.7. The highest BCUT2D eigenvalue weighted by Crippen LogP contribution is 2.28. The van der Waals surface area contributed by atoms with E-state index in [1.54, 1.807) is 0 Å². The molecule has 2 fully saturated rings. The van der Waals surface area contributed by atoms with Crippen molar-refractivity contribution < 1.29 is 9.53 Å². The summed E-state index contributed by atoms with van der Waals surface area (Å²) in [5.41, 5.74) is 2.20. The predicted octanol–water partition coefficient (Wildman–Crippen LogP) is 3.73. The third-order valence-electron chi connectivity index (χ3n) is 5.97. The number of anilines is 1. The first-order chi connectivity index (χ1) is 15.2. The van der Waals surface area contributed by atoms with E-state index in [2.05, 4.69) is 50.1 Å². The summed E-state index contributed by atoms with van der Waals surface area (Å²) in [4.78, 5) is 14.9. The number of hydrogen-bond donors (Lipinski definition) is 1. The Balaban J connectivity index is 1.47. The maximum atomic E-state index is 12.7. The molecule has 0 atom stereocenters. The van der Waals surface area contributed by atoms with Crippen molar-refractivity contribution in [3.05, 3.63) is 29.8 Å². The molecule has 1 amide bonds. The minimum absolute atomic E-state index is 0.0855. The number of carbonyl (C=O) groups excluding carboxylic acids is 1. The Morgan fingerprint density at radius 1 is 1.13 bits per heavy atom. The highest BCUT2D eigenvalue weighted by atomic mass is 32.2. The fourth-order valence-electron chi connectivity index (χ4n) is 4.32. The van der Waals surface area contributed by atoms with Crippen molar-refractivity contribution in [2.75, 3.05) is 37.0 Å². The van der Waals surface area contributed by atoms with Gasteiger partial charge in [0.05, 0.1) is 24.7 Å². The number of benzene rings is 1. The molecule has 1 N–H and O–H groups in total. The van der Waals surface area contributed by atoms with Crippen LogP contribution in [0.3, 0.4) is 0 Å². The zero-order valence-corrected chi connectivity index (χ0v) is 19.2. The molecule has 4 rings (SSSR count). The van der Waals surface area contributed by atoms with Gasteiger partial charge in [-0.2, -0.15) is 0 Å². The Labute approximate surface area is 188 Å². The van der Waals surface area contributed by atoms with Crippen LogP contribution in [0.1, 0.15) is 50.5 Å². The Morgan fingerprint density at radius 2 is 1.87 bits per heavy atom. The Hall–Kier alpha value is -2.06. The number of morpholine rings is 1. The van der Waals surface area contributed by atoms with Crippen molar-refractivity contribution in [1.82, 2.24) is 20.1 Å². The van der Waals surface area contributed by atoms with Crippen LogP contribution in [0, 0.1) is 6.92 Å². The molecule has 168 valence electrons. The molecular weight excluding hydrogens is 410 g/mol. The zero-order valence-electron chi connectivity index (χ0n) is 18.4. The molecule has 1 saturated heterocycles. The van der Waals surface area contributed by atoms with Crippen molar-refractivity contribution in [3.63, 3.8) is 0 Å². The molecule has 0 spiro atoms. The van der Waals surface area contributed by atoms with Gasteiger partial charge in [0, 0.05) is 19.1 Å². The Morgan fingerprint density at radius 3 is 2.61 bits per heavy atom. The van der Waals surface area contributed by atoms with E-state index in [-0.39, 0.29) is 5.91 Å². The topological polar surface area (TPSA) is 72.3 Å². The van der Waals surface area contributed by atoms with Crippen LogP contribution in [0.15, 0.2) is 29.4 Å². The molecule has 0 radical (unpaired) electrons. The van der Waals surface area contributed by atoms with Crippen molar-refractivity contribution >= 4 is 23.6 Å². The zero-order chi connectivity index (χ0) is 21.5. The third-order valence-corrected chi connectivity index (χ3v) is 6.90. The Bertz CT molecular complexity index is 857. The molecule has 1 aliphatic carbocycles. The van der Waals surface area contributed by atoms with Crippen LogP contribution in [0.5, 0.6) is 0 Å². The summed E-state index contributed by atoms with van der Waals surface area (Å²) in [6.07, 6.45) is 8.51. The van der Waals surface area contributed by atoms with Gasteiger partial charge in [0.15, 0.2) is 5.16 Å². The second-order valence-corrected chi connectivity index (χ2v) is 9.40. The normalized spacial score (nSPS) is 18.4. The lowest BCUT2D eigenvalue weighted by molar-refractivity contribution is -0.119. The van der Waals surface area contributed by atoms with Crippen LogP contribution in [0.4, 0.5) is 5.95 Å². The molecule has 0 unspecified atom stereocenters. The molecule has 1 aromatic heterocycles. The molecular formula is C23H33N5O2S. The van der Waals surface area contributed by atoms with E-state index in [1.807, 2.05) is 6.07 Å². The smallest absolute Gasteiger partial charge is 0.232 e. The lowest BCUT2D eigenvalue weighted by Gasteiger charge is -2.28. The van der Waals surface area contributed by atoms with Crippen molar-refractivity contribution in [3.8, 4) is 5.69 Å². The van der Waals surface area contributed by atoms with Gasteiger partial charge in [-0.15, -0.1) is 10.2 Å². The quantitative estimate of drug-likeness (QED) is 0.686. The second-order valence-electron chi connectivity index (χ2n) is 8.45. The molecule has 1 aliphatic heterocycles. The van der Waals surface area contributed by atoms with E-state index >= 15 is 0 Å². The summed E-state index contributed by atoms with van der Waals surface area (Å²) in [6.45, 7) is 5.03. The average molecular weight is 444 g/mol. The fourth-order valence-corrected chi connectivity index (χ4v) is 5.08. The van der Waals surface area contributed by atoms with E-state index in [0.29, 0.717) is 25.0 Å². The third kappa shape index (κ3) is 6.01. The van der Waals surface area contributed by atoms with E-state index in [9.17, 15) is 4.79 Å². The molecule has 2 aliphatic rings. The highest BCUT2D eigenvalue weighted by molar-refractivity contribution is 7.99. The first-order valence-electron chi connectivity index (χ1n) is 11.5. The summed E-state index contributed by atoms with van der Waals surface area (Å²) >= 11 is 1.46. The first kappa shape index (κ1) is 22.1. The second kappa shape index (κ2) is 11.0. The molecule has 1 saturated carbocycles. The first-order valence-corrected chi connectivity index (χ1v) is 12.5. The van der Waals surface area contributed by atoms with Crippen molar-refractivity contribution in [1.29, 1.82) is 0 Å². The van der Waals surface area contributed by atoms with Gasteiger partial charge in [0.25, 0.3) is 0 Å². The number of ether oxygens (including phenoxy) is 1. The standard InChI is InChI=1S/C23H33N5O2S/c1-18-8-7-11-20(16-18)28-22(27-12-14-30-15-13-27)25-26-23(28)31-17-21(29)24-19-9-5-3-2-4-6-10-19/h7-8,11,16,19H,2-6,9-10,12-15,17H2,1H3,(H,24,29). The molecule has 7 nitrogen and oxygen atoms in total. The van der Waals surface area contributed by atoms with Crippen LogP contribution in [0.25, 0.3) is 5.69 Å². The maximum Gasteiger partial charge on any atom is 0.232 e. The summed E-state index contributed by atoms with van der Waals surface area (Å²) in [6, 6.07) is 8.64. The Kier molecular flexibility index (Phi) is 7.86. The number of amides is 1. The van der Waals surface area contributed by atoms with Crippen LogP contribution in [-0.2, 0) is 9.53 Å². The number of nitrogens with one attached hydrogen (secondary N) is 1. The number of nitrogens with zero attached hydrogens (tertiary/aromatic N) is 4. The van der Waals surface area contributed by atoms with Gasteiger partial charge in [0.1, 0.15) is 0 Å². The van der Waals surface area contributed by atoms with E-state index < -0.39 is 0 Å². The number of aryl methyl sites for hydroxylation is 1. The number of aromatic nitrogens is 3. The molecule has 1 aromatic carbocycles. The van der Waals surface area contributed by atoms with E-state index in [1.165, 1.54) is 49.4 Å². The number of thioether (sulfide) groups is 1. The van der Waals surface area contributed by atoms with Gasteiger partial charge in [-0.25, -0.2) is 0 Å². The number of carbonyl (C=O) groups is 1. The SMILES string of the molecule is Cc1cccc(-n2c(SCC(=O)NC3CCCCCCC3)nnc2N2CCOCC2)c1. The average Bonchev–Trinajstić information content (AvgIpc) is 3.19. The van der Waals surface area contributed by atoms with E-state index in [0.717, 1.165) is 42.7 Å². The van der Waals surface area contributed by atoms with Crippen LogP contribution < -0.4 is 10.2 Å². The van der Waals surface area contributed by atoms with Crippen molar-refractivity contribution in [2.45, 2.75) is 63.1 Å². The minimum Gasteiger partial charge on any atom is -0.378 e. The summed E-state index contributed by atoms with van der Waals surface area (Å²) < 4.78 is 7.58. The van der Waals surface area contributed by atoms with Gasteiger partial charge in [-0.05, 0) is 37.5 Å². The van der Waals surface area contributed by atoms with Crippen molar-refractivity contribution in [2.24, 2.45) is 0 Å². The molecule has 2 aromatic rings. The lowest BCUT2D eigenvalue weighted by atomic mass is 9.97. The fraction of sp³-hybridized carbons (Fsp3) is 0.609. The van der Waals surface area contributed by atoms with E-state index in [4.69, 9.17) is 4.74 Å². The molecule has 8 heteroatoms. The number of hydrogen-bond acceptors (Lipinski definition) is 6. The predicted molar refractivity (Wildman–Crippen MR) is 124 cm³/mol.